The molecule has 6 aromatic carbocycles. The molecule has 0 aliphatic rings. The van der Waals surface area contributed by atoms with Crippen molar-refractivity contribution >= 4 is 49.3 Å². The number of nitrogens with zero attached hydrogens (tertiary/aromatic N) is 5. The molecule has 0 aliphatic carbocycles. The molecule has 4 heterocycles. The quantitative estimate of drug-likeness (QED) is 0.144. The van der Waals surface area contributed by atoms with E-state index >= 15 is 0 Å². The fraction of sp³-hybridized carbons (Fsp3) is 0.196. The fourth-order valence-electron chi connectivity index (χ4n) is 8.79. The maximum absolute atomic E-state index is 12.4. The number of rotatable bonds is 4. The van der Waals surface area contributed by atoms with Crippen LogP contribution < -0.4 is 0 Å². The second-order valence-electron chi connectivity index (χ2n) is 17.7. The van der Waals surface area contributed by atoms with Gasteiger partial charge >= 0.3 is 0 Å². The van der Waals surface area contributed by atoms with Gasteiger partial charge in [-0.25, -0.2) is 9.97 Å². The number of aromatic hydroxyl groups is 1. The monoisotopic (exact) mass is 743 g/mol. The topological polar surface area (TPSA) is 68.2 Å². The number of benzene rings is 6. The summed E-state index contributed by atoms with van der Waals surface area (Å²) < 4.78 is 4.54. The molecule has 10 rings (SSSR count). The highest BCUT2D eigenvalue weighted by molar-refractivity contribution is 6.21. The standard InChI is InChI=1S/C51H45N5O/c1-29-17-21-41(36(25-29)31-13-10-9-11-14-31)56-43-16-12-15-35(45(43)54-49(56)38-27-34(50(3,4)5)28-39(48(38)57)51(6,7)8)33-19-22-42-37(26-33)46-44-32(23-24-52-46)18-20-40-47(44)55(42)30(2)53-40/h9-28,57H,1-8H3. The summed E-state index contributed by atoms with van der Waals surface area (Å²) in [6.07, 6.45) is 1.91. The van der Waals surface area contributed by atoms with Crippen molar-refractivity contribution in [2.75, 3.05) is 0 Å². The predicted molar refractivity (Wildman–Crippen MR) is 236 cm³/mol. The zero-order valence-electron chi connectivity index (χ0n) is 33.7. The lowest BCUT2D eigenvalue weighted by atomic mass is 9.79. The lowest BCUT2D eigenvalue weighted by Gasteiger charge is -2.27. The SMILES string of the molecule is Cc1ccc(-n2c(-c3cc(C(C)(C)C)cc(C(C)(C)C)c3O)nc3c(-c4ccc5c(c4)c4nccc6ccc7nc(C)n5c7c64)cccc32)c(-c2ccccc2)c1. The van der Waals surface area contributed by atoms with E-state index < -0.39 is 0 Å². The van der Waals surface area contributed by atoms with Crippen molar-refractivity contribution in [3.63, 3.8) is 0 Å². The molecule has 0 saturated heterocycles. The van der Waals surface area contributed by atoms with E-state index in [0.29, 0.717) is 11.4 Å². The molecule has 57 heavy (non-hydrogen) atoms. The lowest BCUT2D eigenvalue weighted by Crippen LogP contribution is -2.17. The van der Waals surface area contributed by atoms with Crippen LogP contribution in [0.3, 0.4) is 0 Å². The van der Waals surface area contributed by atoms with Crippen LogP contribution in [0.15, 0.2) is 121 Å². The van der Waals surface area contributed by atoms with Crippen LogP contribution in [0.25, 0.3) is 88.6 Å². The van der Waals surface area contributed by atoms with Gasteiger partial charge in [0.05, 0.1) is 44.4 Å². The van der Waals surface area contributed by atoms with Crippen LogP contribution in [-0.2, 0) is 10.8 Å². The average Bonchev–Trinajstić information content (AvgIpc) is 3.74. The van der Waals surface area contributed by atoms with Crippen molar-refractivity contribution in [3.8, 4) is 45.1 Å². The summed E-state index contributed by atoms with van der Waals surface area (Å²) in [5, 5.41) is 15.7. The third-order valence-corrected chi connectivity index (χ3v) is 11.7. The Morgan fingerprint density at radius 3 is 2.19 bits per heavy atom. The van der Waals surface area contributed by atoms with Gasteiger partial charge in [-0.2, -0.15) is 0 Å². The van der Waals surface area contributed by atoms with E-state index in [-0.39, 0.29) is 16.6 Å². The Labute approximate surface area is 332 Å². The molecule has 0 amide bonds. The minimum absolute atomic E-state index is 0.165. The first kappa shape index (κ1) is 34.9. The van der Waals surface area contributed by atoms with Crippen LogP contribution in [0.2, 0.25) is 0 Å². The van der Waals surface area contributed by atoms with Crippen molar-refractivity contribution in [1.29, 1.82) is 0 Å². The summed E-state index contributed by atoms with van der Waals surface area (Å²) in [5.74, 6) is 1.91. The van der Waals surface area contributed by atoms with Gasteiger partial charge in [0, 0.05) is 33.7 Å². The Hall–Kier alpha value is -6.53. The zero-order chi connectivity index (χ0) is 39.5. The summed E-state index contributed by atoms with van der Waals surface area (Å²) in [5.41, 5.74) is 14.6. The van der Waals surface area contributed by atoms with Gasteiger partial charge in [0.25, 0.3) is 0 Å². The Morgan fingerprint density at radius 1 is 0.614 bits per heavy atom. The highest BCUT2D eigenvalue weighted by atomic mass is 16.3. The van der Waals surface area contributed by atoms with E-state index in [0.717, 1.165) is 94.2 Å². The van der Waals surface area contributed by atoms with Gasteiger partial charge in [-0.3, -0.25) is 14.0 Å². The first-order chi connectivity index (χ1) is 27.3. The third-order valence-electron chi connectivity index (χ3n) is 11.7. The van der Waals surface area contributed by atoms with Crippen molar-refractivity contribution in [2.24, 2.45) is 0 Å². The third kappa shape index (κ3) is 5.34. The molecule has 0 spiro atoms. The smallest absolute Gasteiger partial charge is 0.149 e. The highest BCUT2D eigenvalue weighted by Gasteiger charge is 2.29. The van der Waals surface area contributed by atoms with Crippen LogP contribution in [0.4, 0.5) is 0 Å². The van der Waals surface area contributed by atoms with E-state index in [2.05, 4.69) is 180 Å². The maximum atomic E-state index is 12.4. The summed E-state index contributed by atoms with van der Waals surface area (Å²) in [6, 6.07) is 40.9. The molecule has 6 heteroatoms. The number of pyridine rings is 2. The van der Waals surface area contributed by atoms with Gasteiger partial charge in [-0.1, -0.05) is 114 Å². The number of aryl methyl sites for hydroxylation is 2. The Bertz CT molecular complexity index is 3230. The Kier molecular flexibility index (Phi) is 7.50. The molecule has 0 radical (unpaired) electrons. The molecule has 6 nitrogen and oxygen atoms in total. The normalized spacial score (nSPS) is 12.6. The second kappa shape index (κ2) is 12.2. The van der Waals surface area contributed by atoms with Gasteiger partial charge in [-0.15, -0.1) is 0 Å². The first-order valence-electron chi connectivity index (χ1n) is 19.8. The fourth-order valence-corrected chi connectivity index (χ4v) is 8.79. The van der Waals surface area contributed by atoms with Crippen molar-refractivity contribution in [3.05, 3.63) is 144 Å². The molecule has 4 aromatic heterocycles. The minimum atomic E-state index is -0.307. The van der Waals surface area contributed by atoms with Crippen LogP contribution in [-0.4, -0.2) is 29.0 Å². The van der Waals surface area contributed by atoms with Gasteiger partial charge in [-0.05, 0) is 95.3 Å². The van der Waals surface area contributed by atoms with Gasteiger partial charge in [0.1, 0.15) is 17.4 Å². The number of imidazole rings is 2. The Morgan fingerprint density at radius 2 is 1.42 bits per heavy atom. The summed E-state index contributed by atoms with van der Waals surface area (Å²) in [7, 11) is 0. The van der Waals surface area contributed by atoms with Crippen LogP contribution in [0, 0.1) is 13.8 Å². The molecule has 280 valence electrons. The Balaban J connectivity index is 1.31. The van der Waals surface area contributed by atoms with E-state index in [1.165, 1.54) is 5.56 Å². The largest absolute Gasteiger partial charge is 0.507 e. The van der Waals surface area contributed by atoms with Crippen molar-refractivity contribution in [2.45, 2.75) is 66.2 Å². The predicted octanol–water partition coefficient (Wildman–Crippen LogP) is 12.9. The number of hydrogen-bond donors (Lipinski definition) is 1. The number of para-hydroxylation sites is 1. The maximum Gasteiger partial charge on any atom is 0.149 e. The molecule has 1 N–H and O–H groups in total. The molecule has 0 bridgehead atoms. The van der Waals surface area contributed by atoms with Gasteiger partial charge in [0.2, 0.25) is 0 Å². The molecule has 0 saturated carbocycles. The first-order valence-corrected chi connectivity index (χ1v) is 19.8. The number of fused-ring (bicyclic) bond motifs is 4. The number of hydrogen-bond acceptors (Lipinski definition) is 4. The number of phenols is 1. The summed E-state index contributed by atoms with van der Waals surface area (Å²) >= 11 is 0. The van der Waals surface area contributed by atoms with Crippen LogP contribution in [0.1, 0.15) is 64.1 Å². The summed E-state index contributed by atoms with van der Waals surface area (Å²) in [4.78, 5) is 15.5. The van der Waals surface area contributed by atoms with Crippen LogP contribution in [0.5, 0.6) is 5.75 Å². The van der Waals surface area contributed by atoms with Crippen molar-refractivity contribution in [1.82, 2.24) is 23.9 Å². The van der Waals surface area contributed by atoms with Gasteiger partial charge < -0.3 is 5.11 Å². The molecule has 0 fully saturated rings. The van der Waals surface area contributed by atoms with E-state index in [1.807, 2.05) is 6.20 Å². The van der Waals surface area contributed by atoms with Gasteiger partial charge in [0.15, 0.2) is 0 Å². The number of aromatic nitrogens is 5. The average molecular weight is 744 g/mol. The van der Waals surface area contributed by atoms with Crippen LogP contribution >= 0.6 is 0 Å². The second-order valence-corrected chi connectivity index (χ2v) is 17.7. The van der Waals surface area contributed by atoms with E-state index in [1.54, 1.807) is 0 Å². The molecule has 0 aliphatic heterocycles. The molecular weight excluding hydrogens is 699 g/mol. The lowest BCUT2D eigenvalue weighted by molar-refractivity contribution is 0.446. The number of phenolic OH excluding ortho intramolecular Hbond substituents is 1. The minimum Gasteiger partial charge on any atom is -0.507 e. The molecular formula is C51H45N5O. The van der Waals surface area contributed by atoms with Crippen molar-refractivity contribution < 1.29 is 5.11 Å². The molecule has 0 atom stereocenters. The van der Waals surface area contributed by atoms with E-state index in [9.17, 15) is 5.11 Å². The zero-order valence-corrected chi connectivity index (χ0v) is 33.7. The summed E-state index contributed by atoms with van der Waals surface area (Å²) in [6.45, 7) is 17.4. The highest BCUT2D eigenvalue weighted by Crippen LogP contribution is 2.46. The molecule has 0 unspecified atom stereocenters. The van der Waals surface area contributed by atoms with E-state index in [4.69, 9.17) is 15.0 Å². The molecule has 10 aromatic rings.